The molecule has 0 radical (unpaired) electrons. The van der Waals surface area contributed by atoms with Gasteiger partial charge in [0, 0.05) is 23.4 Å². The predicted molar refractivity (Wildman–Crippen MR) is 100 cm³/mol. The minimum absolute atomic E-state index is 0.112. The van der Waals surface area contributed by atoms with Crippen LogP contribution in [0.1, 0.15) is 24.0 Å². The second-order valence-electron chi connectivity index (χ2n) is 6.48. The highest BCUT2D eigenvalue weighted by Crippen LogP contribution is 2.20. The number of nitriles is 1. The first-order valence-corrected chi connectivity index (χ1v) is 8.94. The molecule has 1 atom stereocenters. The first kappa shape index (κ1) is 18.2. The average Bonchev–Trinajstić information content (AvgIpc) is 3.47. The van der Waals surface area contributed by atoms with Gasteiger partial charge in [0.25, 0.3) is 5.91 Å². The molecule has 3 rings (SSSR count). The van der Waals surface area contributed by atoms with Gasteiger partial charge in [0.1, 0.15) is 18.4 Å². The van der Waals surface area contributed by atoms with Crippen LogP contribution in [0.25, 0.3) is 0 Å². The molecule has 0 saturated heterocycles. The summed E-state index contributed by atoms with van der Waals surface area (Å²) < 4.78 is 5.19. The van der Waals surface area contributed by atoms with Crippen LogP contribution in [0.4, 0.5) is 5.69 Å². The van der Waals surface area contributed by atoms with Crippen molar-refractivity contribution in [1.82, 2.24) is 0 Å². The van der Waals surface area contributed by atoms with E-state index >= 15 is 0 Å². The Balaban J connectivity index is 1.65. The van der Waals surface area contributed by atoms with E-state index in [1.165, 1.54) is 10.5 Å². The van der Waals surface area contributed by atoms with Gasteiger partial charge in [0.15, 0.2) is 6.54 Å². The second-order valence-corrected chi connectivity index (χ2v) is 6.92. The number of carbonyl (C=O) groups excluding carboxylic acids is 1. The monoisotopic (exact) mass is 370 g/mol. The summed E-state index contributed by atoms with van der Waals surface area (Å²) in [7, 11) is 1.65. The fourth-order valence-electron chi connectivity index (χ4n) is 2.97. The van der Waals surface area contributed by atoms with Crippen molar-refractivity contribution in [3.8, 4) is 11.8 Å². The molecule has 0 aliphatic heterocycles. The largest absolute Gasteiger partial charge is 0.497 e. The van der Waals surface area contributed by atoms with Crippen LogP contribution in [0.2, 0.25) is 5.02 Å². The SMILES string of the molecule is COc1ccc(C[NH+](CC(=O)Nc2cc(Cl)ccc2C#N)C2CC2)cc1. The number of quaternary nitrogens is 1. The molecule has 2 aromatic rings. The van der Waals surface area contributed by atoms with E-state index in [0.717, 1.165) is 25.1 Å². The molecule has 1 aliphatic rings. The molecule has 0 heterocycles. The molecule has 2 aromatic carbocycles. The molecule has 0 bridgehead atoms. The highest BCUT2D eigenvalue weighted by atomic mass is 35.5. The molecule has 6 heteroatoms. The van der Waals surface area contributed by atoms with Crippen LogP contribution < -0.4 is 15.0 Å². The third-order valence-corrected chi connectivity index (χ3v) is 4.74. The van der Waals surface area contributed by atoms with Gasteiger partial charge in [-0.05, 0) is 42.5 Å². The number of nitrogens with one attached hydrogen (secondary N) is 2. The number of nitrogens with zero attached hydrogens (tertiary/aromatic N) is 1. The van der Waals surface area contributed by atoms with Crippen molar-refractivity contribution < 1.29 is 14.4 Å². The minimum Gasteiger partial charge on any atom is -0.497 e. The number of carbonyl (C=O) groups is 1. The van der Waals surface area contributed by atoms with E-state index in [1.807, 2.05) is 24.3 Å². The Labute approximate surface area is 158 Å². The van der Waals surface area contributed by atoms with E-state index in [1.54, 1.807) is 25.3 Å². The maximum absolute atomic E-state index is 12.5. The Hall–Kier alpha value is -2.55. The maximum atomic E-state index is 12.5. The molecule has 5 nitrogen and oxygen atoms in total. The van der Waals surface area contributed by atoms with Gasteiger partial charge >= 0.3 is 0 Å². The number of amides is 1. The Morgan fingerprint density at radius 3 is 2.65 bits per heavy atom. The molecular formula is C20H21ClN3O2+. The molecule has 1 unspecified atom stereocenters. The predicted octanol–water partition coefficient (Wildman–Crippen LogP) is 2.41. The zero-order valence-electron chi connectivity index (χ0n) is 14.6. The van der Waals surface area contributed by atoms with Crippen LogP contribution in [-0.4, -0.2) is 25.6 Å². The van der Waals surface area contributed by atoms with Crippen LogP contribution in [0.5, 0.6) is 5.75 Å². The Bertz CT molecular complexity index is 826. The summed E-state index contributed by atoms with van der Waals surface area (Å²) in [6, 6.07) is 15.4. The number of benzene rings is 2. The maximum Gasteiger partial charge on any atom is 0.279 e. The van der Waals surface area contributed by atoms with Crippen molar-refractivity contribution in [2.75, 3.05) is 19.0 Å². The van der Waals surface area contributed by atoms with E-state index in [4.69, 9.17) is 16.3 Å². The van der Waals surface area contributed by atoms with Gasteiger partial charge < -0.3 is 15.0 Å². The quantitative estimate of drug-likeness (QED) is 0.786. The number of hydrogen-bond acceptors (Lipinski definition) is 3. The molecule has 1 fully saturated rings. The summed E-state index contributed by atoms with van der Waals surface area (Å²) >= 11 is 5.98. The van der Waals surface area contributed by atoms with E-state index in [2.05, 4.69) is 11.4 Å². The fourth-order valence-corrected chi connectivity index (χ4v) is 3.14. The lowest BCUT2D eigenvalue weighted by Gasteiger charge is -2.19. The number of rotatable bonds is 7. The van der Waals surface area contributed by atoms with Crippen molar-refractivity contribution in [2.45, 2.75) is 25.4 Å². The summed E-state index contributed by atoms with van der Waals surface area (Å²) in [6.07, 6.45) is 2.28. The van der Waals surface area contributed by atoms with Crippen molar-refractivity contribution in [1.29, 1.82) is 5.26 Å². The highest BCUT2D eigenvalue weighted by molar-refractivity contribution is 6.31. The lowest BCUT2D eigenvalue weighted by molar-refractivity contribution is -0.916. The van der Waals surface area contributed by atoms with Gasteiger partial charge in [0.05, 0.1) is 24.4 Å². The summed E-state index contributed by atoms with van der Waals surface area (Å²) in [4.78, 5) is 13.8. The number of anilines is 1. The lowest BCUT2D eigenvalue weighted by Crippen LogP contribution is -3.13. The molecule has 1 aliphatic carbocycles. The van der Waals surface area contributed by atoms with Crippen molar-refractivity contribution in [2.24, 2.45) is 0 Å². The topological polar surface area (TPSA) is 66.6 Å². The molecule has 0 aromatic heterocycles. The van der Waals surface area contributed by atoms with E-state index < -0.39 is 0 Å². The third-order valence-electron chi connectivity index (χ3n) is 4.51. The smallest absolute Gasteiger partial charge is 0.279 e. The van der Waals surface area contributed by atoms with Gasteiger partial charge in [-0.25, -0.2) is 0 Å². The Morgan fingerprint density at radius 2 is 2.04 bits per heavy atom. The Morgan fingerprint density at radius 1 is 1.31 bits per heavy atom. The second kappa shape index (κ2) is 8.22. The molecule has 1 amide bonds. The first-order chi connectivity index (χ1) is 12.6. The van der Waals surface area contributed by atoms with Crippen LogP contribution >= 0.6 is 11.6 Å². The molecule has 1 saturated carbocycles. The first-order valence-electron chi connectivity index (χ1n) is 8.56. The average molecular weight is 371 g/mol. The minimum atomic E-state index is -0.112. The van der Waals surface area contributed by atoms with E-state index in [9.17, 15) is 10.1 Å². The standard InChI is InChI=1S/C20H20ClN3O2/c1-26-18-8-2-14(3-9-18)12-24(17-6-7-17)13-20(25)23-19-10-16(21)5-4-15(19)11-22/h2-5,8-10,17H,6-7,12-13H2,1H3,(H,23,25)/p+1. The summed E-state index contributed by atoms with van der Waals surface area (Å²) in [5.74, 6) is 0.712. The molecule has 134 valence electrons. The number of ether oxygens (including phenoxy) is 1. The van der Waals surface area contributed by atoms with Crippen molar-refractivity contribution in [3.63, 3.8) is 0 Å². The van der Waals surface area contributed by atoms with Crippen LogP contribution in [0.3, 0.4) is 0 Å². The lowest BCUT2D eigenvalue weighted by atomic mass is 10.2. The number of hydrogen-bond donors (Lipinski definition) is 2. The van der Waals surface area contributed by atoms with E-state index in [0.29, 0.717) is 28.9 Å². The van der Waals surface area contributed by atoms with Gasteiger partial charge in [-0.3, -0.25) is 4.79 Å². The molecular weight excluding hydrogens is 350 g/mol. The zero-order valence-corrected chi connectivity index (χ0v) is 15.3. The van der Waals surface area contributed by atoms with Gasteiger partial charge in [-0.2, -0.15) is 5.26 Å². The van der Waals surface area contributed by atoms with Crippen LogP contribution in [-0.2, 0) is 11.3 Å². The normalized spacial score (nSPS) is 14.3. The summed E-state index contributed by atoms with van der Waals surface area (Å²) in [6.45, 7) is 1.14. The fraction of sp³-hybridized carbons (Fsp3) is 0.300. The van der Waals surface area contributed by atoms with Crippen molar-refractivity contribution >= 4 is 23.2 Å². The highest BCUT2D eigenvalue weighted by Gasteiger charge is 2.34. The number of methoxy groups -OCH3 is 1. The van der Waals surface area contributed by atoms with Gasteiger partial charge in [-0.1, -0.05) is 11.6 Å². The van der Waals surface area contributed by atoms with Crippen LogP contribution in [0, 0.1) is 11.3 Å². The van der Waals surface area contributed by atoms with E-state index in [-0.39, 0.29) is 5.91 Å². The zero-order chi connectivity index (χ0) is 18.5. The molecule has 0 spiro atoms. The molecule has 2 N–H and O–H groups in total. The van der Waals surface area contributed by atoms with Gasteiger partial charge in [-0.15, -0.1) is 0 Å². The summed E-state index contributed by atoms with van der Waals surface area (Å²) in [5.41, 5.74) is 2.04. The van der Waals surface area contributed by atoms with Gasteiger partial charge in [0.2, 0.25) is 0 Å². The third kappa shape index (κ3) is 4.75. The van der Waals surface area contributed by atoms with Crippen LogP contribution in [0.15, 0.2) is 42.5 Å². The summed E-state index contributed by atoms with van der Waals surface area (Å²) in [5, 5.41) is 12.5. The number of halogens is 1. The van der Waals surface area contributed by atoms with Crippen molar-refractivity contribution in [3.05, 3.63) is 58.6 Å². The Kier molecular flexibility index (Phi) is 5.77. The molecule has 26 heavy (non-hydrogen) atoms.